The maximum Gasteiger partial charge on any atom is 0.255 e. The Balaban J connectivity index is 1.15. The highest BCUT2D eigenvalue weighted by atomic mass is 32.2. The van der Waals surface area contributed by atoms with Crippen molar-refractivity contribution in [2.75, 3.05) is 10.6 Å². The van der Waals surface area contributed by atoms with Crippen LogP contribution >= 0.6 is 11.8 Å². The highest BCUT2D eigenvalue weighted by molar-refractivity contribution is 7.98. The van der Waals surface area contributed by atoms with Crippen molar-refractivity contribution >= 4 is 41.0 Å². The molecule has 4 aromatic carbocycles. The minimum atomic E-state index is -0.196. The Labute approximate surface area is 237 Å². The smallest absolute Gasteiger partial charge is 0.255 e. The van der Waals surface area contributed by atoms with Crippen molar-refractivity contribution in [3.63, 3.8) is 0 Å². The van der Waals surface area contributed by atoms with Crippen LogP contribution < -0.4 is 10.6 Å². The van der Waals surface area contributed by atoms with Crippen LogP contribution in [-0.4, -0.2) is 26.6 Å². The molecule has 0 bridgehead atoms. The second-order valence-electron chi connectivity index (χ2n) is 8.98. The normalized spacial score (nSPS) is 10.9. The van der Waals surface area contributed by atoms with Gasteiger partial charge in [-0.05, 0) is 65.7 Å². The summed E-state index contributed by atoms with van der Waals surface area (Å²) in [5.74, 6) is 1.09. The number of anilines is 2. The lowest BCUT2D eigenvalue weighted by Gasteiger charge is -2.07. The molecule has 1 aromatic heterocycles. The second kappa shape index (κ2) is 12.7. The molecule has 0 atom stereocenters. The van der Waals surface area contributed by atoms with Crippen LogP contribution in [0.2, 0.25) is 0 Å². The molecule has 0 fully saturated rings. The summed E-state index contributed by atoms with van der Waals surface area (Å²) in [6.45, 7) is 0. The zero-order chi connectivity index (χ0) is 27.7. The number of amides is 2. The molecule has 0 aliphatic rings. The first-order valence-electron chi connectivity index (χ1n) is 12.7. The van der Waals surface area contributed by atoms with E-state index in [9.17, 15) is 9.59 Å². The van der Waals surface area contributed by atoms with Crippen LogP contribution in [0.1, 0.15) is 21.5 Å². The van der Waals surface area contributed by atoms with Gasteiger partial charge in [0, 0.05) is 41.4 Å². The molecule has 0 radical (unpaired) electrons. The van der Waals surface area contributed by atoms with Gasteiger partial charge < -0.3 is 15.2 Å². The first-order valence-corrected chi connectivity index (χ1v) is 13.7. The van der Waals surface area contributed by atoms with Gasteiger partial charge in [0.2, 0.25) is 5.91 Å². The molecule has 8 heteroatoms. The standard InChI is InChI=1S/C32H27N5O2S/c1-37-30(25-17-19-28(20-18-25)33-29(38)21-14-23-8-4-2-5-9-23)35-36-32(37)40-22-24-12-15-26(16-13-24)31(39)34-27-10-6-3-7-11-27/h2-21H,22H2,1H3,(H,33,38)(H,34,39)/b21-14+. The molecule has 0 unspecified atom stereocenters. The molecule has 0 spiro atoms. The van der Waals surface area contributed by atoms with Crippen LogP contribution in [0.5, 0.6) is 0 Å². The molecule has 5 aromatic rings. The highest BCUT2D eigenvalue weighted by Gasteiger charge is 2.12. The molecular formula is C32H27N5O2S. The van der Waals surface area contributed by atoms with Crippen LogP contribution in [0.4, 0.5) is 11.4 Å². The minimum absolute atomic E-state index is 0.141. The Morgan fingerprint density at radius 1 is 0.775 bits per heavy atom. The van der Waals surface area contributed by atoms with Gasteiger partial charge in [-0.1, -0.05) is 72.4 Å². The van der Waals surface area contributed by atoms with E-state index in [0.29, 0.717) is 17.0 Å². The number of carbonyl (C=O) groups is 2. The van der Waals surface area contributed by atoms with Crippen molar-refractivity contribution in [2.45, 2.75) is 10.9 Å². The Kier molecular flexibility index (Phi) is 8.48. The summed E-state index contributed by atoms with van der Waals surface area (Å²) in [6, 6.07) is 34.1. The Hall–Kier alpha value is -4.95. The van der Waals surface area contributed by atoms with Crippen molar-refractivity contribution in [3.05, 3.63) is 132 Å². The van der Waals surface area contributed by atoms with Crippen LogP contribution in [0.3, 0.4) is 0 Å². The Bertz CT molecular complexity index is 1610. The summed E-state index contributed by atoms with van der Waals surface area (Å²) in [6.07, 6.45) is 3.29. The van der Waals surface area contributed by atoms with E-state index in [1.807, 2.05) is 121 Å². The predicted molar refractivity (Wildman–Crippen MR) is 161 cm³/mol. The van der Waals surface area contributed by atoms with Gasteiger partial charge in [0.25, 0.3) is 5.91 Å². The summed E-state index contributed by atoms with van der Waals surface area (Å²) in [5.41, 5.74) is 5.00. The number of carbonyl (C=O) groups excluding carboxylic acids is 2. The number of rotatable bonds is 9. The summed E-state index contributed by atoms with van der Waals surface area (Å²) >= 11 is 1.57. The fourth-order valence-electron chi connectivity index (χ4n) is 3.94. The third-order valence-electron chi connectivity index (χ3n) is 6.09. The lowest BCUT2D eigenvalue weighted by atomic mass is 10.1. The maximum absolute atomic E-state index is 12.5. The first-order chi connectivity index (χ1) is 19.5. The average Bonchev–Trinajstić information content (AvgIpc) is 3.36. The molecule has 40 heavy (non-hydrogen) atoms. The zero-order valence-corrected chi connectivity index (χ0v) is 22.6. The van der Waals surface area contributed by atoms with Gasteiger partial charge in [-0.2, -0.15) is 0 Å². The number of hydrogen-bond donors (Lipinski definition) is 2. The summed E-state index contributed by atoms with van der Waals surface area (Å²) < 4.78 is 1.95. The molecule has 0 aliphatic carbocycles. The van der Waals surface area contributed by atoms with Crippen LogP contribution in [0.25, 0.3) is 17.5 Å². The number of benzene rings is 4. The molecule has 2 N–H and O–H groups in total. The lowest BCUT2D eigenvalue weighted by molar-refractivity contribution is -0.111. The van der Waals surface area contributed by atoms with Crippen molar-refractivity contribution in [2.24, 2.45) is 7.05 Å². The van der Waals surface area contributed by atoms with Gasteiger partial charge in [0.1, 0.15) is 0 Å². The van der Waals surface area contributed by atoms with Crippen LogP contribution in [0, 0.1) is 0 Å². The Morgan fingerprint density at radius 2 is 1.43 bits per heavy atom. The lowest BCUT2D eigenvalue weighted by Crippen LogP contribution is -2.11. The van der Waals surface area contributed by atoms with Gasteiger partial charge in [-0.15, -0.1) is 10.2 Å². The fraction of sp³-hybridized carbons (Fsp3) is 0.0625. The summed E-state index contributed by atoms with van der Waals surface area (Å²) in [5, 5.41) is 15.3. The maximum atomic E-state index is 12.5. The number of aromatic nitrogens is 3. The van der Waals surface area contributed by atoms with Gasteiger partial charge in [-0.3, -0.25) is 9.59 Å². The number of thioether (sulfide) groups is 1. The minimum Gasteiger partial charge on any atom is -0.323 e. The molecule has 7 nitrogen and oxygen atoms in total. The van der Waals surface area contributed by atoms with Crippen LogP contribution in [-0.2, 0) is 17.6 Å². The SMILES string of the molecule is Cn1c(SCc2ccc(C(=O)Nc3ccccc3)cc2)nnc1-c1ccc(NC(=O)/C=C/c2ccccc2)cc1. The fourth-order valence-corrected chi connectivity index (χ4v) is 4.81. The van der Waals surface area contributed by atoms with E-state index >= 15 is 0 Å². The molecule has 5 rings (SSSR count). The van der Waals surface area contributed by atoms with Gasteiger partial charge in [0.15, 0.2) is 11.0 Å². The summed E-state index contributed by atoms with van der Waals surface area (Å²) in [4.78, 5) is 24.7. The van der Waals surface area contributed by atoms with Gasteiger partial charge >= 0.3 is 0 Å². The third kappa shape index (κ3) is 6.92. The number of hydrogen-bond acceptors (Lipinski definition) is 5. The number of nitrogens with one attached hydrogen (secondary N) is 2. The second-order valence-corrected chi connectivity index (χ2v) is 9.92. The van der Waals surface area contributed by atoms with E-state index in [0.717, 1.165) is 33.4 Å². The molecular weight excluding hydrogens is 518 g/mol. The quantitative estimate of drug-likeness (QED) is 0.159. The average molecular weight is 546 g/mol. The highest BCUT2D eigenvalue weighted by Crippen LogP contribution is 2.26. The van der Waals surface area contributed by atoms with E-state index < -0.39 is 0 Å². The molecule has 0 saturated heterocycles. The zero-order valence-electron chi connectivity index (χ0n) is 21.8. The van der Waals surface area contributed by atoms with E-state index in [1.165, 1.54) is 6.08 Å². The molecule has 198 valence electrons. The molecule has 0 saturated carbocycles. The van der Waals surface area contributed by atoms with E-state index in [2.05, 4.69) is 20.8 Å². The van der Waals surface area contributed by atoms with Gasteiger partial charge in [-0.25, -0.2) is 0 Å². The van der Waals surface area contributed by atoms with Crippen molar-refractivity contribution in [1.29, 1.82) is 0 Å². The van der Waals surface area contributed by atoms with Gasteiger partial charge in [0.05, 0.1) is 0 Å². The van der Waals surface area contributed by atoms with Crippen molar-refractivity contribution in [3.8, 4) is 11.4 Å². The third-order valence-corrected chi connectivity index (χ3v) is 7.18. The Morgan fingerprint density at radius 3 is 2.12 bits per heavy atom. The predicted octanol–water partition coefficient (Wildman–Crippen LogP) is 6.68. The van der Waals surface area contributed by atoms with Crippen molar-refractivity contribution in [1.82, 2.24) is 14.8 Å². The van der Waals surface area contributed by atoms with Crippen LogP contribution in [0.15, 0.2) is 120 Å². The van der Waals surface area contributed by atoms with E-state index in [1.54, 1.807) is 17.8 Å². The first kappa shape index (κ1) is 26.6. The monoisotopic (exact) mass is 545 g/mol. The number of para-hydroxylation sites is 1. The van der Waals surface area contributed by atoms with Crippen molar-refractivity contribution < 1.29 is 9.59 Å². The molecule has 0 aliphatic heterocycles. The van der Waals surface area contributed by atoms with E-state index in [4.69, 9.17) is 0 Å². The number of nitrogens with zero attached hydrogens (tertiary/aromatic N) is 3. The molecule has 2 amide bonds. The topological polar surface area (TPSA) is 88.9 Å². The molecule has 1 heterocycles. The van der Waals surface area contributed by atoms with E-state index in [-0.39, 0.29) is 11.8 Å². The summed E-state index contributed by atoms with van der Waals surface area (Å²) in [7, 11) is 1.93. The largest absolute Gasteiger partial charge is 0.323 e.